The van der Waals surface area contributed by atoms with Crippen LogP contribution in [0.25, 0.3) is 77.2 Å². The Morgan fingerprint density at radius 2 is 0.917 bits per heavy atom. The minimum atomic E-state index is 0.977. The number of aromatic nitrogens is 1. The fraction of sp³-hybridized carbons (Fsp3) is 0.0345. The maximum Gasteiger partial charge on any atom is 0.0547 e. The van der Waals surface area contributed by atoms with Crippen molar-refractivity contribution in [3.8, 4) is 39.1 Å². The van der Waals surface area contributed by atoms with E-state index in [1.54, 1.807) is 0 Å². The summed E-state index contributed by atoms with van der Waals surface area (Å²) in [5, 5.41) is 4.95. The van der Waals surface area contributed by atoms with E-state index in [0.717, 1.165) is 24.2 Å². The number of hydrogen-bond donors (Lipinski definition) is 0. The first kappa shape index (κ1) is 35.5. The number of fused-ring (bicyclic) bond motifs is 4. The molecule has 1 aliphatic carbocycles. The van der Waals surface area contributed by atoms with Crippen molar-refractivity contribution in [2.24, 2.45) is 0 Å². The van der Waals surface area contributed by atoms with Crippen LogP contribution in [-0.2, 0) is 0 Å². The minimum absolute atomic E-state index is 0.977. The molecule has 284 valence electrons. The van der Waals surface area contributed by atoms with Gasteiger partial charge in [-0.3, -0.25) is 0 Å². The number of benzene rings is 9. The normalized spacial score (nSPS) is 12.7. The lowest BCUT2D eigenvalue weighted by atomic mass is 9.93. The zero-order chi connectivity index (χ0) is 39.8. The second kappa shape index (κ2) is 15.2. The van der Waals surface area contributed by atoms with Gasteiger partial charge in [0.25, 0.3) is 0 Å². The number of anilines is 2. The Hall–Kier alpha value is -7.68. The zero-order valence-corrected chi connectivity index (χ0v) is 33.2. The molecule has 0 saturated heterocycles. The predicted octanol–water partition coefficient (Wildman–Crippen LogP) is 15.8. The molecule has 0 N–H and O–H groups in total. The highest BCUT2D eigenvalue weighted by molar-refractivity contribution is 6.10. The lowest BCUT2D eigenvalue weighted by Gasteiger charge is -2.32. The lowest BCUT2D eigenvalue weighted by Crippen LogP contribution is -2.19. The van der Waals surface area contributed by atoms with Crippen molar-refractivity contribution in [1.82, 2.24) is 4.57 Å². The fourth-order valence-corrected chi connectivity index (χ4v) is 9.20. The summed E-state index contributed by atoms with van der Waals surface area (Å²) in [5.74, 6) is 0. The Morgan fingerprint density at radius 1 is 0.367 bits per heavy atom. The van der Waals surface area contributed by atoms with Gasteiger partial charge in [0.2, 0.25) is 0 Å². The molecule has 1 aromatic heterocycles. The van der Waals surface area contributed by atoms with Gasteiger partial charge < -0.3 is 9.47 Å². The van der Waals surface area contributed by atoms with Crippen LogP contribution in [0.2, 0.25) is 0 Å². The van der Waals surface area contributed by atoms with Gasteiger partial charge in [0.05, 0.1) is 16.7 Å². The molecule has 10 aromatic rings. The molecule has 11 rings (SSSR count). The van der Waals surface area contributed by atoms with E-state index in [-0.39, 0.29) is 0 Å². The van der Waals surface area contributed by atoms with Crippen molar-refractivity contribution in [1.29, 1.82) is 0 Å². The van der Waals surface area contributed by atoms with Gasteiger partial charge in [0.1, 0.15) is 0 Å². The first-order chi connectivity index (χ1) is 29.8. The third-order valence-electron chi connectivity index (χ3n) is 12.0. The Balaban J connectivity index is 1.03. The molecule has 0 spiro atoms. The smallest absolute Gasteiger partial charge is 0.0547 e. The van der Waals surface area contributed by atoms with Crippen LogP contribution in [0.15, 0.2) is 236 Å². The number of allylic oxidation sites excluding steroid dienone is 3. The fourth-order valence-electron chi connectivity index (χ4n) is 9.20. The molecule has 2 nitrogen and oxygen atoms in total. The molecule has 0 atom stereocenters. The molecule has 0 amide bonds. The van der Waals surface area contributed by atoms with E-state index >= 15 is 0 Å². The van der Waals surface area contributed by atoms with Crippen LogP contribution in [0.1, 0.15) is 18.4 Å². The van der Waals surface area contributed by atoms with Crippen molar-refractivity contribution in [3.05, 3.63) is 242 Å². The highest BCUT2D eigenvalue weighted by Crippen LogP contribution is 2.44. The third kappa shape index (κ3) is 6.31. The van der Waals surface area contributed by atoms with Crippen LogP contribution < -0.4 is 4.90 Å². The predicted molar refractivity (Wildman–Crippen MR) is 255 cm³/mol. The molecule has 0 saturated carbocycles. The quantitative estimate of drug-likeness (QED) is 0.150. The number of nitrogens with zero attached hydrogens (tertiary/aromatic N) is 2. The minimum Gasteiger partial charge on any atom is -0.310 e. The van der Waals surface area contributed by atoms with Crippen molar-refractivity contribution in [2.75, 3.05) is 4.90 Å². The molecule has 0 bridgehead atoms. The van der Waals surface area contributed by atoms with Crippen LogP contribution in [0.4, 0.5) is 11.4 Å². The highest BCUT2D eigenvalue weighted by atomic mass is 15.2. The van der Waals surface area contributed by atoms with Crippen LogP contribution in [0.3, 0.4) is 0 Å². The average Bonchev–Trinajstić information content (AvgIpc) is 3.66. The van der Waals surface area contributed by atoms with Crippen LogP contribution in [0.5, 0.6) is 0 Å². The molecule has 0 radical (unpaired) electrons. The topological polar surface area (TPSA) is 8.17 Å². The summed E-state index contributed by atoms with van der Waals surface area (Å²) in [4.78, 5) is 2.48. The molecular weight excluding hydrogens is 725 g/mol. The summed E-state index contributed by atoms with van der Waals surface area (Å²) >= 11 is 0. The van der Waals surface area contributed by atoms with Crippen molar-refractivity contribution < 1.29 is 0 Å². The molecule has 9 aromatic carbocycles. The van der Waals surface area contributed by atoms with Gasteiger partial charge >= 0.3 is 0 Å². The maximum absolute atomic E-state index is 2.48. The number of para-hydroxylation sites is 1. The highest BCUT2D eigenvalue weighted by Gasteiger charge is 2.24. The number of hydrogen-bond acceptors (Lipinski definition) is 1. The van der Waals surface area contributed by atoms with Gasteiger partial charge in [-0.05, 0) is 99.6 Å². The first-order valence-electron chi connectivity index (χ1n) is 20.9. The zero-order valence-electron chi connectivity index (χ0n) is 33.2. The van der Waals surface area contributed by atoms with Gasteiger partial charge in [0.15, 0.2) is 0 Å². The molecular formula is C58H42N2. The van der Waals surface area contributed by atoms with E-state index in [0.29, 0.717) is 0 Å². The summed E-state index contributed by atoms with van der Waals surface area (Å²) in [7, 11) is 0. The molecule has 0 fully saturated rings. The molecule has 1 heterocycles. The maximum atomic E-state index is 2.48. The van der Waals surface area contributed by atoms with Gasteiger partial charge in [-0.1, -0.05) is 188 Å². The van der Waals surface area contributed by atoms with E-state index in [9.17, 15) is 0 Å². The molecule has 60 heavy (non-hydrogen) atoms. The van der Waals surface area contributed by atoms with E-state index in [4.69, 9.17) is 0 Å². The van der Waals surface area contributed by atoms with Gasteiger partial charge in [-0.15, -0.1) is 0 Å². The third-order valence-corrected chi connectivity index (χ3v) is 12.0. The molecule has 2 heteroatoms. The molecule has 0 aliphatic heterocycles. The summed E-state index contributed by atoms with van der Waals surface area (Å²) in [6.45, 7) is 0. The number of rotatable bonds is 8. The standard InChI is InChI=1S/C58H42N2/c1-3-16-41(17-4-1)42-30-35-47(36-31-42)59(56-29-15-21-44-20-7-8-24-51(44)56)55-27-13-11-25-52(55)46-34-39-54-53-26-12-14-28-57(53)60(58(54)40-46)48-37-32-45(33-38-48)50-23-10-9-22-49(50)43-18-5-2-6-19-43/h1-10,12,14-40H,11,13H2. The van der Waals surface area contributed by atoms with E-state index in [1.165, 1.54) is 88.5 Å². The van der Waals surface area contributed by atoms with Crippen molar-refractivity contribution in [3.63, 3.8) is 0 Å². The van der Waals surface area contributed by atoms with Gasteiger partial charge in [0, 0.05) is 38.8 Å². The van der Waals surface area contributed by atoms with Crippen LogP contribution >= 0.6 is 0 Å². The van der Waals surface area contributed by atoms with E-state index in [1.807, 2.05) is 0 Å². The summed E-state index contributed by atoms with van der Waals surface area (Å²) in [6.07, 6.45) is 6.85. The van der Waals surface area contributed by atoms with Crippen LogP contribution in [-0.4, -0.2) is 4.57 Å². The van der Waals surface area contributed by atoms with E-state index in [2.05, 4.69) is 240 Å². The monoisotopic (exact) mass is 766 g/mol. The summed E-state index contributed by atoms with van der Waals surface area (Å²) < 4.78 is 2.44. The van der Waals surface area contributed by atoms with Crippen LogP contribution in [0, 0.1) is 0 Å². The molecule has 1 aliphatic rings. The average molecular weight is 767 g/mol. The van der Waals surface area contributed by atoms with Gasteiger partial charge in [-0.25, -0.2) is 0 Å². The Bertz CT molecular complexity index is 3220. The van der Waals surface area contributed by atoms with Crippen molar-refractivity contribution in [2.45, 2.75) is 12.8 Å². The summed E-state index contributed by atoms with van der Waals surface area (Å²) in [5.41, 5.74) is 16.8. The lowest BCUT2D eigenvalue weighted by molar-refractivity contribution is 1.01. The molecule has 0 unspecified atom stereocenters. The Labute approximate surface area is 351 Å². The largest absolute Gasteiger partial charge is 0.310 e. The van der Waals surface area contributed by atoms with E-state index < -0.39 is 0 Å². The van der Waals surface area contributed by atoms with Gasteiger partial charge in [-0.2, -0.15) is 0 Å². The first-order valence-corrected chi connectivity index (χ1v) is 20.9. The Kier molecular flexibility index (Phi) is 9.02. The van der Waals surface area contributed by atoms with Crippen molar-refractivity contribution >= 4 is 49.5 Å². The SMILES string of the molecule is C1=C(c2ccc3c4ccccc4n(-c4ccc(-c5ccccc5-c5ccccc5)cc4)c3c2)C(N(c2ccc(-c3ccccc3)cc2)c2cccc3ccccc23)=CCC1. The second-order valence-electron chi connectivity index (χ2n) is 15.6. The Morgan fingerprint density at radius 3 is 1.68 bits per heavy atom. The second-order valence-corrected chi connectivity index (χ2v) is 15.6. The summed E-state index contributed by atoms with van der Waals surface area (Å²) in [6, 6.07) is 79.5.